The molecule has 180 valence electrons. The lowest BCUT2D eigenvalue weighted by molar-refractivity contribution is 0.102. The summed E-state index contributed by atoms with van der Waals surface area (Å²) in [6, 6.07) is 29.6. The smallest absolute Gasteiger partial charge is 0.326 e. The Hall–Kier alpha value is -4.78. The van der Waals surface area contributed by atoms with Gasteiger partial charge in [-0.3, -0.25) is 9.69 Å². The molecular formula is C29H25N3O4. The molecule has 0 saturated carbocycles. The summed E-state index contributed by atoms with van der Waals surface area (Å²) in [7, 11) is 1.52. The van der Waals surface area contributed by atoms with Crippen LogP contribution in [0.4, 0.5) is 21.9 Å². The summed E-state index contributed by atoms with van der Waals surface area (Å²) in [5, 5.41) is 5.78. The predicted molar refractivity (Wildman–Crippen MR) is 140 cm³/mol. The number of fused-ring (bicyclic) bond motifs is 1. The summed E-state index contributed by atoms with van der Waals surface area (Å²) in [4.78, 5) is 27.2. The molecule has 7 nitrogen and oxygen atoms in total. The van der Waals surface area contributed by atoms with Crippen LogP contribution in [0, 0.1) is 0 Å². The first-order valence-corrected chi connectivity index (χ1v) is 11.5. The highest BCUT2D eigenvalue weighted by atomic mass is 16.5. The van der Waals surface area contributed by atoms with E-state index in [-0.39, 0.29) is 11.9 Å². The van der Waals surface area contributed by atoms with Gasteiger partial charge in [-0.25, -0.2) is 4.79 Å². The first-order chi connectivity index (χ1) is 17.6. The Morgan fingerprint density at radius 3 is 2.47 bits per heavy atom. The lowest BCUT2D eigenvalue weighted by Gasteiger charge is -2.30. The number of methoxy groups -OCH3 is 1. The molecule has 5 rings (SSSR count). The molecule has 7 heteroatoms. The Labute approximate surface area is 209 Å². The van der Waals surface area contributed by atoms with Crippen molar-refractivity contribution in [1.82, 2.24) is 0 Å². The van der Waals surface area contributed by atoms with Crippen LogP contribution in [0.3, 0.4) is 0 Å². The first kappa shape index (κ1) is 23.0. The van der Waals surface area contributed by atoms with Crippen molar-refractivity contribution in [2.75, 3.05) is 22.6 Å². The van der Waals surface area contributed by atoms with E-state index in [0.29, 0.717) is 41.6 Å². The summed E-state index contributed by atoms with van der Waals surface area (Å²) in [6.45, 7) is 0.877. The van der Waals surface area contributed by atoms with Crippen molar-refractivity contribution >= 4 is 29.0 Å². The number of urea groups is 1. The Balaban J connectivity index is 1.26. The minimum atomic E-state index is -0.286. The molecule has 0 atom stereocenters. The van der Waals surface area contributed by atoms with Crippen molar-refractivity contribution in [2.24, 2.45) is 0 Å². The fraction of sp³-hybridized carbons (Fsp3) is 0.103. The monoisotopic (exact) mass is 479 g/mol. The summed E-state index contributed by atoms with van der Waals surface area (Å²) in [5.41, 5.74) is 4.52. The fourth-order valence-electron chi connectivity index (χ4n) is 4.02. The van der Waals surface area contributed by atoms with E-state index in [9.17, 15) is 9.59 Å². The predicted octanol–water partition coefficient (Wildman–Crippen LogP) is 6.08. The first-order valence-electron chi connectivity index (χ1n) is 11.5. The normalized spacial score (nSPS) is 12.4. The number of nitrogens with zero attached hydrogens (tertiary/aromatic N) is 1. The third-order valence-electron chi connectivity index (χ3n) is 5.93. The van der Waals surface area contributed by atoms with E-state index in [1.54, 1.807) is 35.2 Å². The van der Waals surface area contributed by atoms with Crippen molar-refractivity contribution in [3.63, 3.8) is 0 Å². The molecule has 36 heavy (non-hydrogen) atoms. The number of anilines is 3. The van der Waals surface area contributed by atoms with E-state index in [1.165, 1.54) is 7.11 Å². The van der Waals surface area contributed by atoms with Crippen LogP contribution in [0.1, 0.15) is 21.5 Å². The lowest BCUT2D eigenvalue weighted by atomic mass is 10.1. The fourth-order valence-corrected chi connectivity index (χ4v) is 4.02. The van der Waals surface area contributed by atoms with E-state index < -0.39 is 0 Å². The van der Waals surface area contributed by atoms with Gasteiger partial charge in [0.1, 0.15) is 18.1 Å². The van der Waals surface area contributed by atoms with E-state index in [0.717, 1.165) is 16.8 Å². The van der Waals surface area contributed by atoms with Crippen LogP contribution in [0.2, 0.25) is 0 Å². The Morgan fingerprint density at radius 1 is 0.944 bits per heavy atom. The molecule has 0 fully saturated rings. The van der Waals surface area contributed by atoms with E-state index in [2.05, 4.69) is 10.6 Å². The van der Waals surface area contributed by atoms with Crippen molar-refractivity contribution < 1.29 is 19.1 Å². The van der Waals surface area contributed by atoms with Crippen molar-refractivity contribution in [3.8, 4) is 11.5 Å². The Kier molecular flexibility index (Phi) is 6.53. The Bertz CT molecular complexity index is 1390. The molecule has 0 unspecified atom stereocenters. The van der Waals surface area contributed by atoms with Gasteiger partial charge in [-0.2, -0.15) is 0 Å². The molecular weight excluding hydrogens is 454 g/mol. The zero-order valence-corrected chi connectivity index (χ0v) is 19.7. The molecule has 0 aromatic heterocycles. The number of carbonyl (C=O) groups excluding carboxylic acids is 2. The second kappa shape index (κ2) is 10.2. The molecule has 4 aromatic rings. The maximum atomic E-state index is 12.9. The second-order valence-electron chi connectivity index (χ2n) is 8.31. The second-order valence-corrected chi connectivity index (χ2v) is 8.31. The maximum Gasteiger partial charge on any atom is 0.326 e. The molecule has 0 saturated heterocycles. The molecule has 0 radical (unpaired) electrons. The van der Waals surface area contributed by atoms with E-state index >= 15 is 0 Å². The van der Waals surface area contributed by atoms with Crippen LogP contribution in [0.25, 0.3) is 0 Å². The van der Waals surface area contributed by atoms with Gasteiger partial charge >= 0.3 is 6.03 Å². The summed E-state index contributed by atoms with van der Waals surface area (Å²) in [6.07, 6.45) is 0. The number of carbonyl (C=O) groups is 2. The highest BCUT2D eigenvalue weighted by Crippen LogP contribution is 2.34. The molecule has 1 aliphatic rings. The van der Waals surface area contributed by atoms with Gasteiger partial charge in [-0.1, -0.05) is 48.5 Å². The molecule has 3 amide bonds. The zero-order chi connectivity index (χ0) is 24.9. The van der Waals surface area contributed by atoms with Gasteiger partial charge in [0.05, 0.1) is 19.3 Å². The summed E-state index contributed by atoms with van der Waals surface area (Å²) >= 11 is 0. The molecule has 0 bridgehead atoms. The third kappa shape index (κ3) is 5.00. The number of hydrogen-bond acceptors (Lipinski definition) is 4. The van der Waals surface area contributed by atoms with Gasteiger partial charge < -0.3 is 20.1 Å². The van der Waals surface area contributed by atoms with E-state index in [1.807, 2.05) is 66.7 Å². The SMILES string of the molecule is COc1cc(C(=O)Nc2ccc(OCc3ccccc3)cc2)ccc1N1Cc2ccccc2NC1=O. The summed E-state index contributed by atoms with van der Waals surface area (Å²) < 4.78 is 11.3. The molecule has 4 aromatic carbocycles. The number of para-hydroxylation sites is 1. The molecule has 0 spiro atoms. The number of ether oxygens (including phenoxy) is 2. The number of hydrogen-bond donors (Lipinski definition) is 2. The van der Waals surface area contributed by atoms with Crippen molar-refractivity contribution in [3.05, 3.63) is 114 Å². The topological polar surface area (TPSA) is 79.9 Å². The van der Waals surface area contributed by atoms with Gasteiger partial charge in [-0.15, -0.1) is 0 Å². The van der Waals surface area contributed by atoms with Crippen LogP contribution >= 0.6 is 0 Å². The van der Waals surface area contributed by atoms with Crippen molar-refractivity contribution in [2.45, 2.75) is 13.2 Å². The van der Waals surface area contributed by atoms with Crippen LogP contribution in [0.5, 0.6) is 11.5 Å². The standard InChI is InChI=1S/C29H25N3O4/c1-35-27-17-21(11-16-26(27)32-18-22-9-5-6-10-25(22)31-29(32)34)28(33)30-23-12-14-24(15-13-23)36-19-20-7-3-2-4-8-20/h2-17H,18-19H2,1H3,(H,30,33)(H,31,34). The van der Waals surface area contributed by atoms with Crippen molar-refractivity contribution in [1.29, 1.82) is 0 Å². The molecule has 1 heterocycles. The van der Waals surface area contributed by atoms with Gasteiger partial charge in [0, 0.05) is 16.9 Å². The van der Waals surface area contributed by atoms with Crippen LogP contribution in [0.15, 0.2) is 97.1 Å². The average Bonchev–Trinajstić information content (AvgIpc) is 2.92. The minimum absolute atomic E-state index is 0.251. The van der Waals surface area contributed by atoms with Gasteiger partial charge in [-0.05, 0) is 59.7 Å². The number of amides is 3. The quantitative estimate of drug-likeness (QED) is 0.337. The van der Waals surface area contributed by atoms with Gasteiger partial charge in [0.2, 0.25) is 0 Å². The van der Waals surface area contributed by atoms with Crippen LogP contribution < -0.4 is 25.0 Å². The van der Waals surface area contributed by atoms with Crippen LogP contribution in [-0.4, -0.2) is 19.0 Å². The average molecular weight is 480 g/mol. The highest BCUT2D eigenvalue weighted by Gasteiger charge is 2.26. The number of rotatable bonds is 7. The summed E-state index contributed by atoms with van der Waals surface area (Å²) in [5.74, 6) is 0.859. The third-order valence-corrected chi connectivity index (χ3v) is 5.93. The lowest BCUT2D eigenvalue weighted by Crippen LogP contribution is -2.38. The number of benzene rings is 4. The van der Waals surface area contributed by atoms with Crippen LogP contribution in [-0.2, 0) is 13.2 Å². The largest absolute Gasteiger partial charge is 0.495 e. The zero-order valence-electron chi connectivity index (χ0n) is 19.7. The van der Waals surface area contributed by atoms with Gasteiger partial charge in [0.25, 0.3) is 5.91 Å². The number of nitrogens with one attached hydrogen (secondary N) is 2. The Morgan fingerprint density at radius 2 is 1.69 bits per heavy atom. The van der Waals surface area contributed by atoms with Gasteiger partial charge in [0.15, 0.2) is 0 Å². The maximum absolute atomic E-state index is 12.9. The minimum Gasteiger partial charge on any atom is -0.495 e. The van der Waals surface area contributed by atoms with E-state index in [4.69, 9.17) is 9.47 Å². The highest BCUT2D eigenvalue weighted by molar-refractivity contribution is 6.07. The molecule has 1 aliphatic heterocycles. The molecule has 2 N–H and O–H groups in total. The molecule has 0 aliphatic carbocycles.